The standard InChI is InChI=1S/C19H25FN2/c1-3-12-22(13-4-2)19-10-8-18(9-11-19)21-15-16-6-5-7-17(20)14-16/h5-11,14,21H,3-4,12-13,15H2,1-2H3. The van der Waals surface area contributed by atoms with Crippen LogP contribution in [-0.4, -0.2) is 13.1 Å². The van der Waals surface area contributed by atoms with E-state index in [2.05, 4.69) is 48.3 Å². The molecule has 0 amide bonds. The molecule has 0 aromatic heterocycles. The molecule has 0 heterocycles. The molecule has 0 aliphatic heterocycles. The fraction of sp³-hybridized carbons (Fsp3) is 0.368. The van der Waals surface area contributed by atoms with E-state index in [1.165, 1.54) is 11.8 Å². The zero-order valence-corrected chi connectivity index (χ0v) is 13.5. The molecule has 1 N–H and O–H groups in total. The Morgan fingerprint density at radius 1 is 0.955 bits per heavy atom. The van der Waals surface area contributed by atoms with Gasteiger partial charge in [-0.2, -0.15) is 0 Å². The Labute approximate surface area is 133 Å². The van der Waals surface area contributed by atoms with Crippen LogP contribution in [0.4, 0.5) is 15.8 Å². The smallest absolute Gasteiger partial charge is 0.123 e. The van der Waals surface area contributed by atoms with Crippen LogP contribution in [0, 0.1) is 5.82 Å². The summed E-state index contributed by atoms with van der Waals surface area (Å²) in [5, 5.41) is 3.33. The van der Waals surface area contributed by atoms with Gasteiger partial charge < -0.3 is 10.2 Å². The molecule has 2 aromatic carbocycles. The molecular weight excluding hydrogens is 275 g/mol. The van der Waals surface area contributed by atoms with Crippen molar-refractivity contribution < 1.29 is 4.39 Å². The minimum Gasteiger partial charge on any atom is -0.381 e. The van der Waals surface area contributed by atoms with Crippen LogP contribution in [0.15, 0.2) is 48.5 Å². The van der Waals surface area contributed by atoms with Crippen molar-refractivity contribution in [3.05, 3.63) is 59.9 Å². The van der Waals surface area contributed by atoms with Gasteiger partial charge in [0.15, 0.2) is 0 Å². The molecular formula is C19H25FN2. The predicted octanol–water partition coefficient (Wildman–Crippen LogP) is 5.06. The van der Waals surface area contributed by atoms with Crippen LogP contribution < -0.4 is 10.2 Å². The number of nitrogens with zero attached hydrogens (tertiary/aromatic N) is 1. The van der Waals surface area contributed by atoms with E-state index in [-0.39, 0.29) is 5.82 Å². The van der Waals surface area contributed by atoms with E-state index in [1.54, 1.807) is 12.1 Å². The molecule has 22 heavy (non-hydrogen) atoms. The quantitative estimate of drug-likeness (QED) is 0.732. The number of halogens is 1. The maximum Gasteiger partial charge on any atom is 0.123 e. The molecule has 0 aliphatic carbocycles. The molecule has 0 spiro atoms. The Kier molecular flexibility index (Phi) is 6.26. The lowest BCUT2D eigenvalue weighted by molar-refractivity contribution is 0.626. The molecule has 118 valence electrons. The second kappa shape index (κ2) is 8.42. The van der Waals surface area contributed by atoms with Gasteiger partial charge in [0.2, 0.25) is 0 Å². The molecule has 0 atom stereocenters. The molecule has 2 nitrogen and oxygen atoms in total. The summed E-state index contributed by atoms with van der Waals surface area (Å²) < 4.78 is 13.1. The van der Waals surface area contributed by atoms with E-state index in [1.807, 2.05) is 6.07 Å². The van der Waals surface area contributed by atoms with Gasteiger partial charge in [-0.15, -0.1) is 0 Å². The summed E-state index contributed by atoms with van der Waals surface area (Å²) in [7, 11) is 0. The molecule has 0 fully saturated rings. The second-order valence-electron chi connectivity index (χ2n) is 5.52. The maximum atomic E-state index is 13.1. The Morgan fingerprint density at radius 3 is 2.23 bits per heavy atom. The summed E-state index contributed by atoms with van der Waals surface area (Å²) in [6, 6.07) is 15.2. The van der Waals surface area contributed by atoms with Gasteiger partial charge in [-0.1, -0.05) is 26.0 Å². The van der Waals surface area contributed by atoms with Gasteiger partial charge in [-0.3, -0.25) is 0 Å². The first kappa shape index (κ1) is 16.3. The van der Waals surface area contributed by atoms with Crippen LogP contribution in [-0.2, 0) is 6.54 Å². The summed E-state index contributed by atoms with van der Waals surface area (Å²) in [6.45, 7) is 7.22. The highest BCUT2D eigenvalue weighted by Crippen LogP contribution is 2.19. The third-order valence-corrected chi connectivity index (χ3v) is 3.61. The maximum absolute atomic E-state index is 13.1. The molecule has 0 saturated carbocycles. The predicted molar refractivity (Wildman–Crippen MR) is 93.0 cm³/mol. The van der Waals surface area contributed by atoms with E-state index < -0.39 is 0 Å². The highest BCUT2D eigenvalue weighted by Gasteiger charge is 2.04. The first-order chi connectivity index (χ1) is 10.7. The van der Waals surface area contributed by atoms with Crippen LogP contribution in [0.1, 0.15) is 32.3 Å². The van der Waals surface area contributed by atoms with E-state index in [0.29, 0.717) is 6.54 Å². The van der Waals surface area contributed by atoms with E-state index in [0.717, 1.165) is 37.2 Å². The van der Waals surface area contributed by atoms with Gasteiger partial charge in [0.1, 0.15) is 5.82 Å². The lowest BCUT2D eigenvalue weighted by Crippen LogP contribution is -2.24. The van der Waals surface area contributed by atoms with E-state index in [4.69, 9.17) is 0 Å². The van der Waals surface area contributed by atoms with Gasteiger partial charge in [0.25, 0.3) is 0 Å². The van der Waals surface area contributed by atoms with Crippen LogP contribution in [0.3, 0.4) is 0 Å². The zero-order valence-electron chi connectivity index (χ0n) is 13.5. The van der Waals surface area contributed by atoms with Gasteiger partial charge >= 0.3 is 0 Å². The summed E-state index contributed by atoms with van der Waals surface area (Å²) >= 11 is 0. The summed E-state index contributed by atoms with van der Waals surface area (Å²) in [6.07, 6.45) is 2.30. The molecule has 0 radical (unpaired) electrons. The van der Waals surface area contributed by atoms with Crippen LogP contribution in [0.25, 0.3) is 0 Å². The average molecular weight is 300 g/mol. The third-order valence-electron chi connectivity index (χ3n) is 3.61. The van der Waals surface area contributed by atoms with Crippen molar-refractivity contribution in [2.24, 2.45) is 0 Å². The fourth-order valence-corrected chi connectivity index (χ4v) is 2.55. The monoisotopic (exact) mass is 300 g/mol. The largest absolute Gasteiger partial charge is 0.381 e. The average Bonchev–Trinajstić information content (AvgIpc) is 2.53. The van der Waals surface area contributed by atoms with Gasteiger partial charge in [0.05, 0.1) is 0 Å². The number of benzene rings is 2. The second-order valence-corrected chi connectivity index (χ2v) is 5.52. The van der Waals surface area contributed by atoms with Gasteiger partial charge in [-0.25, -0.2) is 4.39 Å². The van der Waals surface area contributed by atoms with Crippen molar-refractivity contribution in [1.29, 1.82) is 0 Å². The molecule has 3 heteroatoms. The summed E-state index contributed by atoms with van der Waals surface area (Å²) in [4.78, 5) is 2.41. The lowest BCUT2D eigenvalue weighted by Gasteiger charge is -2.24. The molecule has 0 bridgehead atoms. The number of nitrogens with one attached hydrogen (secondary N) is 1. The van der Waals surface area contributed by atoms with Crippen molar-refractivity contribution in [2.45, 2.75) is 33.2 Å². The van der Waals surface area contributed by atoms with Crippen molar-refractivity contribution in [1.82, 2.24) is 0 Å². The number of anilines is 2. The van der Waals surface area contributed by atoms with Gasteiger partial charge in [0, 0.05) is 31.0 Å². The van der Waals surface area contributed by atoms with Crippen molar-refractivity contribution in [2.75, 3.05) is 23.3 Å². The Hall–Kier alpha value is -2.03. The topological polar surface area (TPSA) is 15.3 Å². The summed E-state index contributed by atoms with van der Waals surface area (Å²) in [5.41, 5.74) is 3.27. The first-order valence-corrected chi connectivity index (χ1v) is 8.06. The highest BCUT2D eigenvalue weighted by molar-refractivity contribution is 5.55. The Balaban J connectivity index is 1.96. The summed E-state index contributed by atoms with van der Waals surface area (Å²) in [5.74, 6) is -0.190. The van der Waals surface area contributed by atoms with Crippen molar-refractivity contribution >= 4 is 11.4 Å². The number of hydrogen-bond donors (Lipinski definition) is 1. The van der Waals surface area contributed by atoms with Crippen molar-refractivity contribution in [3.63, 3.8) is 0 Å². The lowest BCUT2D eigenvalue weighted by atomic mass is 10.2. The molecule has 2 rings (SSSR count). The number of rotatable bonds is 8. The Bertz CT molecular complexity index is 560. The van der Waals surface area contributed by atoms with Gasteiger partial charge in [-0.05, 0) is 54.8 Å². The zero-order chi connectivity index (χ0) is 15.8. The van der Waals surface area contributed by atoms with Crippen molar-refractivity contribution in [3.8, 4) is 0 Å². The fourth-order valence-electron chi connectivity index (χ4n) is 2.55. The minimum absolute atomic E-state index is 0.190. The minimum atomic E-state index is -0.190. The van der Waals surface area contributed by atoms with Crippen LogP contribution in [0.2, 0.25) is 0 Å². The molecule has 0 unspecified atom stereocenters. The third kappa shape index (κ3) is 4.76. The number of hydrogen-bond acceptors (Lipinski definition) is 2. The van der Waals surface area contributed by atoms with Crippen LogP contribution >= 0.6 is 0 Å². The first-order valence-electron chi connectivity index (χ1n) is 8.06. The SMILES string of the molecule is CCCN(CCC)c1ccc(NCc2cccc(F)c2)cc1. The normalized spacial score (nSPS) is 10.5. The highest BCUT2D eigenvalue weighted by atomic mass is 19.1. The molecule has 0 aliphatic rings. The molecule has 2 aromatic rings. The van der Waals surface area contributed by atoms with Crippen LogP contribution in [0.5, 0.6) is 0 Å². The van der Waals surface area contributed by atoms with E-state index >= 15 is 0 Å². The van der Waals surface area contributed by atoms with E-state index in [9.17, 15) is 4.39 Å². The molecule has 0 saturated heterocycles. The Morgan fingerprint density at radius 2 is 1.64 bits per heavy atom.